The molecule has 0 fully saturated rings. The molecule has 0 bridgehead atoms. The molecule has 0 saturated carbocycles. The van der Waals surface area contributed by atoms with Gasteiger partial charge in [0.05, 0.1) is 30.3 Å². The smallest absolute Gasteiger partial charge is 0.203 e. The molecular formula is C17H13N5S. The number of allylic oxidation sites excluding steroid dienone is 2. The van der Waals surface area contributed by atoms with Crippen molar-refractivity contribution in [1.82, 2.24) is 5.32 Å². The van der Waals surface area contributed by atoms with Gasteiger partial charge in [-0.25, -0.2) is 0 Å². The Bertz CT molecular complexity index is 794. The summed E-state index contributed by atoms with van der Waals surface area (Å²) < 4.78 is 0. The van der Waals surface area contributed by atoms with Crippen LogP contribution in [0.4, 0.5) is 0 Å². The van der Waals surface area contributed by atoms with Crippen molar-refractivity contribution < 1.29 is 0 Å². The number of rotatable bonds is 1. The lowest BCUT2D eigenvalue weighted by molar-refractivity contribution is 0.219. The molecule has 1 aliphatic carbocycles. The maximum atomic E-state index is 9.87. The first-order chi connectivity index (χ1) is 11.2. The van der Waals surface area contributed by atoms with Gasteiger partial charge in [0, 0.05) is 10.6 Å². The van der Waals surface area contributed by atoms with Crippen molar-refractivity contribution in [1.29, 1.82) is 21.0 Å². The third kappa shape index (κ3) is 1.80. The molecule has 3 rings (SSSR count). The van der Waals surface area contributed by atoms with Crippen molar-refractivity contribution in [2.24, 2.45) is 10.8 Å². The lowest BCUT2D eigenvalue weighted by atomic mass is 9.55. The highest BCUT2D eigenvalue weighted by Gasteiger charge is 2.65. The largest absolute Gasteiger partial charge is 0.378 e. The molecule has 1 aliphatic heterocycles. The molecule has 2 heterocycles. The molecule has 1 atom stereocenters. The van der Waals surface area contributed by atoms with Gasteiger partial charge >= 0.3 is 0 Å². The van der Waals surface area contributed by atoms with E-state index < -0.39 is 16.9 Å². The highest BCUT2D eigenvalue weighted by atomic mass is 32.1. The molecule has 2 aliphatic rings. The molecule has 0 spiro atoms. The molecule has 6 heteroatoms. The Balaban J connectivity index is 2.33. The van der Waals surface area contributed by atoms with Gasteiger partial charge in [-0.05, 0) is 42.7 Å². The maximum absolute atomic E-state index is 9.87. The Kier molecular flexibility index (Phi) is 3.57. The first kappa shape index (κ1) is 15.1. The first-order valence-electron chi connectivity index (χ1n) is 7.36. The molecule has 1 aromatic heterocycles. The maximum Gasteiger partial charge on any atom is 0.203 e. The zero-order valence-electron chi connectivity index (χ0n) is 12.3. The monoisotopic (exact) mass is 319 g/mol. The van der Waals surface area contributed by atoms with Crippen LogP contribution in [0.3, 0.4) is 0 Å². The van der Waals surface area contributed by atoms with E-state index in [9.17, 15) is 21.0 Å². The number of thiophene rings is 1. The molecule has 0 radical (unpaired) electrons. The molecule has 112 valence electrons. The highest BCUT2D eigenvalue weighted by molar-refractivity contribution is 7.10. The minimum absolute atomic E-state index is 0.575. The van der Waals surface area contributed by atoms with Crippen molar-refractivity contribution in [3.63, 3.8) is 0 Å². The minimum atomic E-state index is -1.77. The summed E-state index contributed by atoms with van der Waals surface area (Å²) in [5.41, 5.74) is -2.01. The van der Waals surface area contributed by atoms with Gasteiger partial charge in [0.15, 0.2) is 0 Å². The molecular weight excluding hydrogens is 306 g/mol. The van der Waals surface area contributed by atoms with Gasteiger partial charge in [-0.1, -0.05) is 6.07 Å². The third-order valence-electron chi connectivity index (χ3n) is 4.78. The van der Waals surface area contributed by atoms with E-state index in [1.807, 2.05) is 29.7 Å². The van der Waals surface area contributed by atoms with Crippen molar-refractivity contribution >= 4 is 11.3 Å². The second-order valence-electron chi connectivity index (χ2n) is 5.76. The first-order valence-corrected chi connectivity index (χ1v) is 8.24. The molecule has 0 aromatic carbocycles. The third-order valence-corrected chi connectivity index (χ3v) is 5.72. The van der Waals surface area contributed by atoms with Crippen LogP contribution in [0.15, 0.2) is 28.8 Å². The quantitative estimate of drug-likeness (QED) is 0.854. The number of nitriles is 4. The van der Waals surface area contributed by atoms with E-state index in [4.69, 9.17) is 0 Å². The summed E-state index contributed by atoms with van der Waals surface area (Å²) in [5.74, 6) is 0. The zero-order valence-corrected chi connectivity index (χ0v) is 13.2. The van der Waals surface area contributed by atoms with Crippen molar-refractivity contribution in [2.75, 3.05) is 0 Å². The molecule has 1 N–H and O–H groups in total. The fourth-order valence-electron chi connectivity index (χ4n) is 3.61. The standard InChI is InChI=1S/C17H13N5S/c18-8-16(9-19)12-4-1-2-5-13(12)22-15(14-6-3-7-23-14)17(16,10-20)11-21/h3,6-7,15,22H,1-2,4-5H2. The van der Waals surface area contributed by atoms with Crippen molar-refractivity contribution in [3.05, 3.63) is 33.7 Å². The lowest BCUT2D eigenvalue weighted by Crippen LogP contribution is -2.53. The van der Waals surface area contributed by atoms with Crippen LogP contribution in [0.5, 0.6) is 0 Å². The normalized spacial score (nSPS) is 24.1. The van der Waals surface area contributed by atoms with E-state index in [0.29, 0.717) is 12.0 Å². The van der Waals surface area contributed by atoms with E-state index in [-0.39, 0.29) is 0 Å². The van der Waals surface area contributed by atoms with Gasteiger partial charge in [-0.3, -0.25) is 0 Å². The predicted molar refractivity (Wildman–Crippen MR) is 83.0 cm³/mol. The molecule has 5 nitrogen and oxygen atoms in total. The van der Waals surface area contributed by atoms with Gasteiger partial charge in [0.2, 0.25) is 10.8 Å². The van der Waals surface area contributed by atoms with Crippen LogP contribution in [0.2, 0.25) is 0 Å². The Morgan fingerprint density at radius 2 is 1.74 bits per heavy atom. The predicted octanol–water partition coefficient (Wildman–Crippen LogP) is 3.29. The Morgan fingerprint density at radius 1 is 1.04 bits per heavy atom. The van der Waals surface area contributed by atoms with Crippen LogP contribution in [0.25, 0.3) is 0 Å². The number of hydrogen-bond acceptors (Lipinski definition) is 6. The Labute approximate surface area is 138 Å². The van der Waals surface area contributed by atoms with Crippen LogP contribution in [0.1, 0.15) is 36.6 Å². The SMILES string of the molecule is N#CC1(C#N)C2=C(CCCC2)NC(c2cccs2)C1(C#N)C#N. The Morgan fingerprint density at radius 3 is 2.30 bits per heavy atom. The number of hydrogen-bond donors (Lipinski definition) is 1. The van der Waals surface area contributed by atoms with Gasteiger partial charge in [0.1, 0.15) is 0 Å². The van der Waals surface area contributed by atoms with Crippen LogP contribution in [0, 0.1) is 56.2 Å². The van der Waals surface area contributed by atoms with Crippen LogP contribution >= 0.6 is 11.3 Å². The van der Waals surface area contributed by atoms with Crippen LogP contribution in [-0.4, -0.2) is 0 Å². The summed E-state index contributed by atoms with van der Waals surface area (Å²) in [6.45, 7) is 0. The average Bonchev–Trinajstić information content (AvgIpc) is 3.14. The second-order valence-corrected chi connectivity index (χ2v) is 6.74. The van der Waals surface area contributed by atoms with Crippen LogP contribution < -0.4 is 5.32 Å². The Hall–Kier alpha value is -2.80. The van der Waals surface area contributed by atoms with Gasteiger partial charge in [-0.2, -0.15) is 21.0 Å². The zero-order chi connectivity index (χ0) is 16.5. The second kappa shape index (κ2) is 5.44. The average molecular weight is 319 g/mol. The van der Waals surface area contributed by atoms with Gasteiger partial charge < -0.3 is 5.32 Å². The summed E-state index contributed by atoms with van der Waals surface area (Å²) in [7, 11) is 0. The van der Waals surface area contributed by atoms with E-state index in [2.05, 4.69) is 17.5 Å². The van der Waals surface area contributed by atoms with Crippen molar-refractivity contribution in [3.8, 4) is 24.3 Å². The highest BCUT2D eigenvalue weighted by Crippen LogP contribution is 2.58. The molecule has 1 aromatic rings. The number of nitrogens with zero attached hydrogens (tertiary/aromatic N) is 4. The summed E-state index contributed by atoms with van der Waals surface area (Å²) in [6.07, 6.45) is 3.16. The summed E-state index contributed by atoms with van der Waals surface area (Å²) in [6, 6.07) is 11.2. The molecule has 23 heavy (non-hydrogen) atoms. The lowest BCUT2D eigenvalue weighted by Gasteiger charge is -2.46. The molecule has 0 saturated heterocycles. The topological polar surface area (TPSA) is 107 Å². The number of nitrogens with one attached hydrogen (secondary N) is 1. The van der Waals surface area contributed by atoms with Gasteiger partial charge in [0.25, 0.3) is 0 Å². The van der Waals surface area contributed by atoms with E-state index in [1.54, 1.807) is 0 Å². The minimum Gasteiger partial charge on any atom is -0.378 e. The van der Waals surface area contributed by atoms with Gasteiger partial charge in [-0.15, -0.1) is 11.3 Å². The van der Waals surface area contributed by atoms with E-state index in [1.165, 1.54) is 11.3 Å². The summed E-state index contributed by atoms with van der Waals surface area (Å²) >= 11 is 1.42. The fraction of sp³-hybridized carbons (Fsp3) is 0.412. The molecule has 1 unspecified atom stereocenters. The summed E-state index contributed by atoms with van der Waals surface area (Å²) in [4.78, 5) is 0.792. The van der Waals surface area contributed by atoms with Crippen molar-refractivity contribution in [2.45, 2.75) is 31.7 Å². The van der Waals surface area contributed by atoms with E-state index >= 15 is 0 Å². The fourth-order valence-corrected chi connectivity index (χ4v) is 4.46. The molecule has 0 amide bonds. The van der Waals surface area contributed by atoms with E-state index in [0.717, 1.165) is 29.8 Å². The summed E-state index contributed by atoms with van der Waals surface area (Å²) in [5, 5.41) is 44.6. The van der Waals surface area contributed by atoms with Crippen LogP contribution in [-0.2, 0) is 0 Å².